The van der Waals surface area contributed by atoms with E-state index in [1.54, 1.807) is 18.5 Å². The van der Waals surface area contributed by atoms with Crippen LogP contribution in [0.5, 0.6) is 0 Å². The fourth-order valence-electron chi connectivity index (χ4n) is 2.89. The molecule has 1 aliphatic heterocycles. The number of ether oxygens (including phenoxy) is 1. The summed E-state index contributed by atoms with van der Waals surface area (Å²) < 4.78 is 10.6. The van der Waals surface area contributed by atoms with Gasteiger partial charge in [-0.25, -0.2) is 15.0 Å². The third kappa shape index (κ3) is 3.98. The van der Waals surface area contributed by atoms with Crippen molar-refractivity contribution < 1.29 is 9.15 Å². The number of hydrogen-bond acceptors (Lipinski definition) is 8. The Morgan fingerprint density at radius 2 is 2.15 bits per heavy atom. The molecule has 0 amide bonds. The van der Waals surface area contributed by atoms with Crippen LogP contribution in [-0.2, 0) is 11.3 Å². The third-order valence-electron chi connectivity index (χ3n) is 4.29. The third-order valence-corrected chi connectivity index (χ3v) is 4.29. The Kier molecular flexibility index (Phi) is 4.84. The number of nitrogens with one attached hydrogen (secondary N) is 2. The van der Waals surface area contributed by atoms with Crippen molar-refractivity contribution in [1.82, 2.24) is 19.9 Å². The van der Waals surface area contributed by atoms with Crippen LogP contribution in [0.15, 0.2) is 39.9 Å². The van der Waals surface area contributed by atoms with Crippen LogP contribution in [0.3, 0.4) is 0 Å². The molecule has 0 aromatic carbocycles. The molecule has 4 heterocycles. The van der Waals surface area contributed by atoms with E-state index in [9.17, 15) is 4.79 Å². The zero-order valence-corrected chi connectivity index (χ0v) is 14.9. The maximum Gasteiger partial charge on any atom is 0.252 e. The van der Waals surface area contributed by atoms with Gasteiger partial charge in [0.05, 0.1) is 37.4 Å². The number of furan rings is 1. The smallest absolute Gasteiger partial charge is 0.252 e. The summed E-state index contributed by atoms with van der Waals surface area (Å²) in [5, 5.41) is 3.06. The van der Waals surface area contributed by atoms with Crippen molar-refractivity contribution in [1.29, 1.82) is 0 Å². The van der Waals surface area contributed by atoms with Crippen molar-refractivity contribution in [2.75, 3.05) is 36.5 Å². The van der Waals surface area contributed by atoms with Crippen molar-refractivity contribution in [3.05, 3.63) is 52.5 Å². The Bertz CT molecular complexity index is 963. The minimum Gasteiger partial charge on any atom is -0.467 e. The highest BCUT2D eigenvalue weighted by Gasteiger charge is 2.16. The van der Waals surface area contributed by atoms with Gasteiger partial charge in [-0.2, -0.15) is 0 Å². The van der Waals surface area contributed by atoms with E-state index in [0.717, 1.165) is 30.1 Å². The SMILES string of the molecule is Cc1nc(N2CCOCC2)ncc1-c1cc(=O)[nH]c(NCc2ccco2)n1. The van der Waals surface area contributed by atoms with E-state index in [1.165, 1.54) is 6.07 Å². The molecule has 140 valence electrons. The molecule has 1 saturated heterocycles. The second kappa shape index (κ2) is 7.58. The lowest BCUT2D eigenvalue weighted by Crippen LogP contribution is -2.37. The predicted octanol–water partition coefficient (Wildman–Crippen LogP) is 1.58. The molecule has 0 radical (unpaired) electrons. The molecule has 1 fully saturated rings. The van der Waals surface area contributed by atoms with E-state index in [0.29, 0.717) is 37.3 Å². The average molecular weight is 368 g/mol. The van der Waals surface area contributed by atoms with Crippen molar-refractivity contribution in [3.8, 4) is 11.3 Å². The Hall–Kier alpha value is -3.20. The first-order chi connectivity index (χ1) is 13.2. The highest BCUT2D eigenvalue weighted by atomic mass is 16.5. The molecule has 9 nitrogen and oxygen atoms in total. The first-order valence-electron chi connectivity index (χ1n) is 8.73. The van der Waals surface area contributed by atoms with Crippen molar-refractivity contribution in [3.63, 3.8) is 0 Å². The molecule has 9 heteroatoms. The first-order valence-corrected chi connectivity index (χ1v) is 8.73. The number of nitrogens with zero attached hydrogens (tertiary/aromatic N) is 4. The number of H-pyrrole nitrogens is 1. The lowest BCUT2D eigenvalue weighted by atomic mass is 10.2. The standard InChI is InChI=1S/C18H20N6O3/c1-12-14(11-20-18(21-12)24-4-7-26-8-5-24)15-9-16(25)23-17(22-15)19-10-13-3-2-6-27-13/h2-3,6,9,11H,4-5,7-8,10H2,1H3,(H2,19,22,23,25). The van der Waals surface area contributed by atoms with Gasteiger partial charge in [0.2, 0.25) is 11.9 Å². The van der Waals surface area contributed by atoms with E-state index in [-0.39, 0.29) is 5.56 Å². The Morgan fingerprint density at radius 1 is 1.30 bits per heavy atom. The maximum atomic E-state index is 12.0. The van der Waals surface area contributed by atoms with Gasteiger partial charge in [-0.05, 0) is 19.1 Å². The van der Waals surface area contributed by atoms with Crippen molar-refractivity contribution >= 4 is 11.9 Å². The summed E-state index contributed by atoms with van der Waals surface area (Å²) in [6.45, 7) is 5.19. The molecular weight excluding hydrogens is 348 g/mol. The lowest BCUT2D eigenvalue weighted by Gasteiger charge is -2.27. The van der Waals surface area contributed by atoms with E-state index in [2.05, 4.69) is 30.2 Å². The number of morpholine rings is 1. The van der Waals surface area contributed by atoms with Gasteiger partial charge in [0.15, 0.2) is 0 Å². The Labute approximate surface area is 155 Å². The van der Waals surface area contributed by atoms with Crippen LogP contribution < -0.4 is 15.8 Å². The van der Waals surface area contributed by atoms with E-state index in [1.807, 2.05) is 13.0 Å². The van der Waals surface area contributed by atoms with Gasteiger partial charge in [0.1, 0.15) is 5.76 Å². The monoisotopic (exact) mass is 368 g/mol. The lowest BCUT2D eigenvalue weighted by molar-refractivity contribution is 0.122. The van der Waals surface area contributed by atoms with Crippen LogP contribution in [0.2, 0.25) is 0 Å². The van der Waals surface area contributed by atoms with Gasteiger partial charge in [-0.3, -0.25) is 9.78 Å². The van der Waals surface area contributed by atoms with Crippen LogP contribution in [0.1, 0.15) is 11.5 Å². The van der Waals surface area contributed by atoms with Crippen molar-refractivity contribution in [2.45, 2.75) is 13.5 Å². The zero-order valence-electron chi connectivity index (χ0n) is 14.9. The topological polar surface area (TPSA) is 109 Å². The number of hydrogen-bond donors (Lipinski definition) is 2. The van der Waals surface area contributed by atoms with Gasteiger partial charge in [0.25, 0.3) is 5.56 Å². The maximum absolute atomic E-state index is 12.0. The highest BCUT2D eigenvalue weighted by molar-refractivity contribution is 5.62. The normalized spacial score (nSPS) is 14.3. The van der Waals surface area contributed by atoms with E-state index < -0.39 is 0 Å². The van der Waals surface area contributed by atoms with Crippen LogP contribution in [0, 0.1) is 6.92 Å². The molecule has 1 aliphatic rings. The van der Waals surface area contributed by atoms with Gasteiger partial charge in [-0.1, -0.05) is 0 Å². The summed E-state index contributed by atoms with van der Waals surface area (Å²) in [6, 6.07) is 5.09. The van der Waals surface area contributed by atoms with Gasteiger partial charge >= 0.3 is 0 Å². The largest absolute Gasteiger partial charge is 0.467 e. The Morgan fingerprint density at radius 3 is 2.89 bits per heavy atom. The van der Waals surface area contributed by atoms with E-state index in [4.69, 9.17) is 9.15 Å². The number of rotatable bonds is 5. The average Bonchev–Trinajstić information content (AvgIpc) is 3.20. The summed E-state index contributed by atoms with van der Waals surface area (Å²) in [4.78, 5) is 30.3. The van der Waals surface area contributed by atoms with Gasteiger partial charge in [-0.15, -0.1) is 0 Å². The summed E-state index contributed by atoms with van der Waals surface area (Å²) in [7, 11) is 0. The fourth-order valence-corrected chi connectivity index (χ4v) is 2.89. The van der Waals surface area contributed by atoms with Crippen LogP contribution in [-0.4, -0.2) is 46.2 Å². The molecule has 4 rings (SSSR count). The number of aryl methyl sites for hydroxylation is 1. The van der Waals surface area contributed by atoms with Crippen molar-refractivity contribution in [2.24, 2.45) is 0 Å². The zero-order chi connectivity index (χ0) is 18.6. The molecular formula is C18H20N6O3. The summed E-state index contributed by atoms with van der Waals surface area (Å²) >= 11 is 0. The fraction of sp³-hybridized carbons (Fsp3) is 0.333. The number of anilines is 2. The highest BCUT2D eigenvalue weighted by Crippen LogP contribution is 2.21. The number of aromatic nitrogens is 4. The molecule has 27 heavy (non-hydrogen) atoms. The second-order valence-electron chi connectivity index (χ2n) is 6.18. The molecule has 0 bridgehead atoms. The molecule has 2 N–H and O–H groups in total. The predicted molar refractivity (Wildman–Crippen MR) is 99.7 cm³/mol. The summed E-state index contributed by atoms with van der Waals surface area (Å²) in [6.07, 6.45) is 3.31. The quantitative estimate of drug-likeness (QED) is 0.699. The molecule has 0 unspecified atom stereocenters. The van der Waals surface area contributed by atoms with Gasteiger partial charge in [0, 0.05) is 30.9 Å². The molecule has 0 saturated carbocycles. The number of aromatic amines is 1. The summed E-state index contributed by atoms with van der Waals surface area (Å²) in [5.74, 6) is 1.78. The van der Waals surface area contributed by atoms with Crippen LogP contribution >= 0.6 is 0 Å². The molecule has 0 atom stereocenters. The summed E-state index contributed by atoms with van der Waals surface area (Å²) in [5.41, 5.74) is 1.76. The molecule has 3 aromatic rings. The minimum atomic E-state index is -0.251. The minimum absolute atomic E-state index is 0.251. The van der Waals surface area contributed by atoms with E-state index >= 15 is 0 Å². The second-order valence-corrected chi connectivity index (χ2v) is 6.18. The molecule has 0 aliphatic carbocycles. The van der Waals surface area contributed by atoms with Crippen LogP contribution in [0.4, 0.5) is 11.9 Å². The first kappa shape index (κ1) is 17.2. The van der Waals surface area contributed by atoms with Gasteiger partial charge < -0.3 is 19.4 Å². The van der Waals surface area contributed by atoms with Crippen LogP contribution in [0.25, 0.3) is 11.3 Å². The molecule has 0 spiro atoms. The Balaban J connectivity index is 1.57. The molecule has 3 aromatic heterocycles.